The first-order chi connectivity index (χ1) is 20.1. The van der Waals surface area contributed by atoms with Gasteiger partial charge in [-0.25, -0.2) is 4.39 Å². The summed E-state index contributed by atoms with van der Waals surface area (Å²) in [5, 5.41) is 4.29. The minimum atomic E-state index is -0.543. The number of amides is 2. The van der Waals surface area contributed by atoms with Crippen molar-refractivity contribution < 1.29 is 18.5 Å². The molecule has 2 bridgehead atoms. The summed E-state index contributed by atoms with van der Waals surface area (Å²) in [5.41, 5.74) is 2.03. The Kier molecular flexibility index (Phi) is 8.22. The minimum absolute atomic E-state index is 0.0854. The second-order valence-corrected chi connectivity index (χ2v) is 13.7. The van der Waals surface area contributed by atoms with Crippen molar-refractivity contribution in [2.24, 2.45) is 23.2 Å². The zero-order chi connectivity index (χ0) is 29.6. The molecule has 1 aliphatic heterocycles. The van der Waals surface area contributed by atoms with Gasteiger partial charge in [-0.2, -0.15) is 0 Å². The summed E-state index contributed by atoms with van der Waals surface area (Å²) in [6.45, 7) is 11.1. The first-order valence-electron chi connectivity index (χ1n) is 15.5. The first-order valence-corrected chi connectivity index (χ1v) is 15.9. The number of halogens is 2. The highest BCUT2D eigenvalue weighted by atomic mass is 35.5. The van der Waals surface area contributed by atoms with E-state index >= 15 is 0 Å². The topological polar surface area (TPSA) is 69.9 Å². The molecule has 226 valence electrons. The number of aryl methyl sites for hydroxylation is 1. The van der Waals surface area contributed by atoms with Crippen LogP contribution < -0.4 is 0 Å². The largest absolute Gasteiger partial charge is 0.360 e. The molecule has 7 nitrogen and oxygen atoms in total. The lowest BCUT2D eigenvalue weighted by atomic mass is 9.49. The SMILES string of the molecule is Cc1onc(-c2c(F)cccc2Cl)c1C(=O)N(CCN1CCN(C(=O)C2CCCC2)CC1)CC1=CCC2CC1C2(C)C. The Morgan fingerprint density at radius 1 is 1.17 bits per heavy atom. The van der Waals surface area contributed by atoms with Crippen LogP contribution in [0, 0.1) is 35.9 Å². The lowest BCUT2D eigenvalue weighted by molar-refractivity contribution is -0.137. The molecule has 2 aromatic rings. The lowest BCUT2D eigenvalue weighted by Gasteiger charge is -2.57. The number of hydrogen-bond acceptors (Lipinski definition) is 5. The average molecular weight is 597 g/mol. The van der Waals surface area contributed by atoms with Gasteiger partial charge in [0, 0.05) is 51.7 Å². The van der Waals surface area contributed by atoms with Gasteiger partial charge in [0.15, 0.2) is 0 Å². The Hall–Kier alpha value is -2.71. The van der Waals surface area contributed by atoms with Crippen molar-refractivity contribution in [1.82, 2.24) is 19.9 Å². The third kappa shape index (κ3) is 5.41. The molecule has 2 saturated carbocycles. The number of piperazine rings is 1. The number of rotatable bonds is 8. The third-order valence-electron chi connectivity index (χ3n) is 10.6. The predicted molar refractivity (Wildman–Crippen MR) is 161 cm³/mol. The molecule has 5 aliphatic rings. The van der Waals surface area contributed by atoms with E-state index in [1.165, 1.54) is 24.1 Å². The highest BCUT2D eigenvalue weighted by Crippen LogP contribution is 2.59. The summed E-state index contributed by atoms with van der Waals surface area (Å²) in [6.07, 6.45) is 8.89. The van der Waals surface area contributed by atoms with Crippen LogP contribution >= 0.6 is 11.6 Å². The molecule has 7 rings (SSSR count). The van der Waals surface area contributed by atoms with Gasteiger partial charge in [0.25, 0.3) is 5.91 Å². The van der Waals surface area contributed by atoms with Crippen LogP contribution in [0.4, 0.5) is 4.39 Å². The van der Waals surface area contributed by atoms with E-state index < -0.39 is 5.82 Å². The number of benzene rings is 1. The summed E-state index contributed by atoms with van der Waals surface area (Å²) in [4.78, 5) is 33.5. The fourth-order valence-corrected chi connectivity index (χ4v) is 7.94. The molecule has 3 fully saturated rings. The second-order valence-electron chi connectivity index (χ2n) is 13.3. The van der Waals surface area contributed by atoms with Crippen LogP contribution in [0.15, 0.2) is 34.4 Å². The van der Waals surface area contributed by atoms with Gasteiger partial charge in [-0.3, -0.25) is 14.5 Å². The van der Waals surface area contributed by atoms with Crippen LogP contribution in [-0.4, -0.2) is 77.5 Å². The molecule has 42 heavy (non-hydrogen) atoms. The number of allylic oxidation sites excluding steroid dienone is 1. The fourth-order valence-electron chi connectivity index (χ4n) is 7.69. The molecule has 1 aromatic heterocycles. The Morgan fingerprint density at radius 3 is 2.57 bits per heavy atom. The lowest BCUT2D eigenvalue weighted by Crippen LogP contribution is -2.53. The Morgan fingerprint density at radius 2 is 1.90 bits per heavy atom. The third-order valence-corrected chi connectivity index (χ3v) is 10.9. The summed E-state index contributed by atoms with van der Waals surface area (Å²) >= 11 is 6.39. The summed E-state index contributed by atoms with van der Waals surface area (Å²) in [7, 11) is 0. The van der Waals surface area contributed by atoms with E-state index in [1.807, 2.05) is 9.80 Å². The van der Waals surface area contributed by atoms with Crippen LogP contribution in [0.25, 0.3) is 11.3 Å². The second kappa shape index (κ2) is 11.8. The summed E-state index contributed by atoms with van der Waals surface area (Å²) in [5.74, 6) is 1.26. The normalized spacial score (nSPS) is 23.9. The van der Waals surface area contributed by atoms with Crippen LogP contribution in [0.5, 0.6) is 0 Å². The fraction of sp³-hybridized carbons (Fsp3) is 0.606. The van der Waals surface area contributed by atoms with Crippen molar-refractivity contribution >= 4 is 23.4 Å². The number of fused-ring (bicyclic) bond motifs is 1. The van der Waals surface area contributed by atoms with Gasteiger partial charge in [-0.15, -0.1) is 0 Å². The Labute approximate surface area is 253 Å². The molecule has 9 heteroatoms. The molecule has 2 unspecified atom stereocenters. The highest BCUT2D eigenvalue weighted by molar-refractivity contribution is 6.33. The van der Waals surface area contributed by atoms with Crippen molar-refractivity contribution in [2.75, 3.05) is 45.8 Å². The summed E-state index contributed by atoms with van der Waals surface area (Å²) in [6, 6.07) is 4.44. The smallest absolute Gasteiger partial charge is 0.260 e. The van der Waals surface area contributed by atoms with Crippen molar-refractivity contribution in [1.29, 1.82) is 0 Å². The number of hydrogen-bond donors (Lipinski definition) is 0. The van der Waals surface area contributed by atoms with Gasteiger partial charge in [0.05, 0.1) is 10.6 Å². The summed E-state index contributed by atoms with van der Waals surface area (Å²) < 4.78 is 20.4. The number of aromatic nitrogens is 1. The van der Waals surface area contributed by atoms with Crippen molar-refractivity contribution in [3.8, 4) is 11.3 Å². The maximum atomic E-state index is 14.9. The molecule has 2 amide bonds. The maximum Gasteiger partial charge on any atom is 0.260 e. The van der Waals surface area contributed by atoms with Crippen molar-refractivity contribution in [2.45, 2.75) is 59.3 Å². The zero-order valence-electron chi connectivity index (χ0n) is 25.0. The quantitative estimate of drug-likeness (QED) is 0.339. The number of carbonyl (C=O) groups excluding carboxylic acids is 2. The highest BCUT2D eigenvalue weighted by Gasteiger charge is 2.51. The van der Waals surface area contributed by atoms with Crippen LogP contribution in [0.3, 0.4) is 0 Å². The van der Waals surface area contributed by atoms with Crippen molar-refractivity contribution in [3.05, 3.63) is 52.0 Å². The van der Waals surface area contributed by atoms with Gasteiger partial charge >= 0.3 is 0 Å². The molecular formula is C33H42ClFN4O3. The minimum Gasteiger partial charge on any atom is -0.360 e. The monoisotopic (exact) mass is 596 g/mol. The van der Waals surface area contributed by atoms with Gasteiger partial charge in [-0.05, 0) is 62.0 Å². The standard InChI is InChI=1S/C33H42ClFN4O3/c1-21-28(30(36-42-21)29-26(34)9-6-10-27(29)35)32(41)39(20-23-11-12-24-19-25(23)33(24,2)3)18-15-37-13-16-38(17-14-37)31(40)22-7-4-5-8-22/h6,9-11,22,24-25H,4-5,7-8,12-20H2,1-3H3. The average Bonchev–Trinajstić information content (AvgIpc) is 3.65. The Bertz CT molecular complexity index is 1350. The predicted octanol–water partition coefficient (Wildman–Crippen LogP) is 6.21. The van der Waals surface area contributed by atoms with E-state index in [2.05, 4.69) is 30.0 Å². The van der Waals surface area contributed by atoms with Crippen molar-refractivity contribution in [3.63, 3.8) is 0 Å². The number of carbonyl (C=O) groups is 2. The van der Waals surface area contributed by atoms with E-state index in [9.17, 15) is 14.0 Å². The molecule has 1 aromatic carbocycles. The van der Waals surface area contributed by atoms with Gasteiger partial charge in [-0.1, -0.05) is 61.2 Å². The van der Waals surface area contributed by atoms with E-state index in [0.29, 0.717) is 43.1 Å². The Balaban J connectivity index is 1.20. The van der Waals surface area contributed by atoms with E-state index in [4.69, 9.17) is 16.1 Å². The first kappa shape index (κ1) is 29.4. The van der Waals surface area contributed by atoms with E-state index in [-0.39, 0.29) is 39.1 Å². The van der Waals surface area contributed by atoms with Crippen LogP contribution in [-0.2, 0) is 4.79 Å². The molecule has 2 atom stereocenters. The molecule has 0 spiro atoms. The van der Waals surface area contributed by atoms with Gasteiger partial charge in [0.1, 0.15) is 22.8 Å². The number of nitrogens with zero attached hydrogens (tertiary/aromatic N) is 4. The molecule has 1 saturated heterocycles. The van der Waals surface area contributed by atoms with Gasteiger partial charge < -0.3 is 14.3 Å². The van der Waals surface area contributed by atoms with E-state index in [1.54, 1.807) is 13.0 Å². The zero-order valence-corrected chi connectivity index (χ0v) is 25.8. The van der Waals surface area contributed by atoms with Crippen LogP contribution in [0.2, 0.25) is 5.02 Å². The molecule has 4 aliphatic carbocycles. The molecule has 0 N–H and O–H groups in total. The molecule has 0 radical (unpaired) electrons. The van der Waals surface area contributed by atoms with Crippen LogP contribution in [0.1, 0.15) is 68.5 Å². The molecular weight excluding hydrogens is 555 g/mol. The van der Waals surface area contributed by atoms with E-state index in [0.717, 1.165) is 58.3 Å². The van der Waals surface area contributed by atoms with Gasteiger partial charge in [0.2, 0.25) is 5.91 Å². The maximum absolute atomic E-state index is 14.9. The molecule has 2 heterocycles.